The number of benzene rings is 1. The van der Waals surface area contributed by atoms with E-state index in [9.17, 15) is 4.79 Å². The van der Waals surface area contributed by atoms with E-state index in [-0.39, 0.29) is 5.91 Å². The lowest BCUT2D eigenvalue weighted by molar-refractivity contribution is -0.117. The second-order valence-electron chi connectivity index (χ2n) is 4.09. The number of hydrogen-bond acceptors (Lipinski definition) is 3. The van der Waals surface area contributed by atoms with Gasteiger partial charge in [0.25, 0.3) is 0 Å². The number of ether oxygens (including phenoxy) is 1. The first-order chi connectivity index (χ1) is 8.01. The second kappa shape index (κ2) is 5.68. The molecule has 1 aromatic rings. The van der Waals surface area contributed by atoms with Crippen LogP contribution in [0.5, 0.6) is 5.75 Å². The van der Waals surface area contributed by atoms with Crippen molar-refractivity contribution in [2.75, 3.05) is 32.6 Å². The molecule has 94 valence electrons. The van der Waals surface area contributed by atoms with E-state index in [0.717, 1.165) is 22.6 Å². The van der Waals surface area contributed by atoms with Crippen molar-refractivity contribution in [3.05, 3.63) is 23.3 Å². The molecular formula is C13H20N2O2. The van der Waals surface area contributed by atoms with Gasteiger partial charge in [0.15, 0.2) is 0 Å². The van der Waals surface area contributed by atoms with Crippen LogP contribution in [0, 0.1) is 13.8 Å². The molecule has 0 saturated heterocycles. The Bertz CT molecular complexity index is 416. The molecule has 0 heterocycles. The number of anilines is 1. The van der Waals surface area contributed by atoms with Crippen LogP contribution in [-0.4, -0.2) is 33.7 Å². The SMILES string of the molecule is CNCC(=O)N(C)c1cc(C)c(C)cc1OC. The molecule has 0 unspecified atom stereocenters. The molecule has 0 aliphatic carbocycles. The van der Waals surface area contributed by atoms with Crippen LogP contribution in [-0.2, 0) is 4.79 Å². The molecule has 0 aliphatic rings. The molecule has 1 amide bonds. The van der Waals surface area contributed by atoms with Crippen LogP contribution in [0.2, 0.25) is 0 Å². The standard InChI is InChI=1S/C13H20N2O2/c1-9-6-11(12(17-5)7-10(9)2)15(4)13(16)8-14-3/h6-7,14H,8H2,1-5H3. The zero-order chi connectivity index (χ0) is 13.0. The Morgan fingerprint density at radius 1 is 1.35 bits per heavy atom. The van der Waals surface area contributed by atoms with Gasteiger partial charge in [0.1, 0.15) is 5.75 Å². The summed E-state index contributed by atoms with van der Waals surface area (Å²) >= 11 is 0. The minimum Gasteiger partial charge on any atom is -0.495 e. The normalized spacial score (nSPS) is 10.2. The summed E-state index contributed by atoms with van der Waals surface area (Å²) in [7, 11) is 5.12. The predicted octanol–water partition coefficient (Wildman–Crippen LogP) is 1.49. The second-order valence-corrected chi connectivity index (χ2v) is 4.09. The van der Waals surface area contributed by atoms with E-state index in [1.807, 2.05) is 26.0 Å². The zero-order valence-corrected chi connectivity index (χ0v) is 11.1. The number of hydrogen-bond donors (Lipinski definition) is 1. The van der Waals surface area contributed by atoms with E-state index in [4.69, 9.17) is 4.74 Å². The third-order valence-electron chi connectivity index (χ3n) is 2.86. The van der Waals surface area contributed by atoms with Gasteiger partial charge in [-0.15, -0.1) is 0 Å². The first-order valence-corrected chi connectivity index (χ1v) is 5.57. The molecule has 1 rings (SSSR count). The fourth-order valence-corrected chi connectivity index (χ4v) is 1.60. The van der Waals surface area contributed by atoms with Gasteiger partial charge in [-0.25, -0.2) is 0 Å². The van der Waals surface area contributed by atoms with Crippen LogP contribution in [0.15, 0.2) is 12.1 Å². The predicted molar refractivity (Wildman–Crippen MR) is 69.8 cm³/mol. The van der Waals surface area contributed by atoms with Gasteiger partial charge in [-0.2, -0.15) is 0 Å². The zero-order valence-electron chi connectivity index (χ0n) is 11.1. The lowest BCUT2D eigenvalue weighted by atomic mass is 10.1. The molecule has 0 radical (unpaired) electrons. The first-order valence-electron chi connectivity index (χ1n) is 5.57. The molecule has 17 heavy (non-hydrogen) atoms. The van der Waals surface area contributed by atoms with Gasteiger partial charge in [-0.05, 0) is 44.2 Å². The minimum atomic E-state index is 0.00838. The van der Waals surface area contributed by atoms with E-state index >= 15 is 0 Å². The highest BCUT2D eigenvalue weighted by atomic mass is 16.5. The number of carbonyl (C=O) groups excluding carboxylic acids is 1. The molecule has 1 N–H and O–H groups in total. The fraction of sp³-hybridized carbons (Fsp3) is 0.462. The molecule has 1 aromatic carbocycles. The molecule has 0 saturated carbocycles. The quantitative estimate of drug-likeness (QED) is 0.861. The molecule has 0 atom stereocenters. The van der Waals surface area contributed by atoms with Gasteiger partial charge in [0, 0.05) is 7.05 Å². The van der Waals surface area contributed by atoms with Crippen molar-refractivity contribution in [2.45, 2.75) is 13.8 Å². The number of carbonyl (C=O) groups is 1. The lowest BCUT2D eigenvalue weighted by Crippen LogP contribution is -2.34. The Labute approximate surface area is 103 Å². The van der Waals surface area contributed by atoms with Crippen LogP contribution in [0.4, 0.5) is 5.69 Å². The Morgan fingerprint density at radius 2 is 1.94 bits per heavy atom. The third kappa shape index (κ3) is 2.97. The van der Waals surface area contributed by atoms with E-state index in [2.05, 4.69) is 5.32 Å². The largest absolute Gasteiger partial charge is 0.495 e. The maximum atomic E-state index is 11.8. The average Bonchev–Trinajstić information content (AvgIpc) is 2.31. The molecule has 0 fully saturated rings. The smallest absolute Gasteiger partial charge is 0.240 e. The Balaban J connectivity index is 3.11. The van der Waals surface area contributed by atoms with Gasteiger partial charge < -0.3 is 15.0 Å². The highest BCUT2D eigenvalue weighted by Gasteiger charge is 2.15. The molecule has 0 bridgehead atoms. The van der Waals surface area contributed by atoms with E-state index in [1.54, 1.807) is 26.1 Å². The van der Waals surface area contributed by atoms with Crippen LogP contribution < -0.4 is 15.0 Å². The number of nitrogens with one attached hydrogen (secondary N) is 1. The van der Waals surface area contributed by atoms with E-state index in [1.165, 1.54) is 0 Å². The van der Waals surface area contributed by atoms with Crippen LogP contribution in [0.3, 0.4) is 0 Å². The van der Waals surface area contributed by atoms with Crippen LogP contribution in [0.25, 0.3) is 0 Å². The van der Waals surface area contributed by atoms with Crippen molar-refractivity contribution >= 4 is 11.6 Å². The summed E-state index contributed by atoms with van der Waals surface area (Å²) in [5.74, 6) is 0.731. The molecule has 0 spiro atoms. The molecule has 0 aromatic heterocycles. The average molecular weight is 236 g/mol. The third-order valence-corrected chi connectivity index (χ3v) is 2.86. The maximum absolute atomic E-state index is 11.8. The fourth-order valence-electron chi connectivity index (χ4n) is 1.60. The van der Waals surface area contributed by atoms with Gasteiger partial charge in [-0.1, -0.05) is 0 Å². The van der Waals surface area contributed by atoms with Crippen LogP contribution in [0.1, 0.15) is 11.1 Å². The monoisotopic (exact) mass is 236 g/mol. The minimum absolute atomic E-state index is 0.00838. The van der Waals surface area contributed by atoms with E-state index < -0.39 is 0 Å². The van der Waals surface area contributed by atoms with Gasteiger partial charge >= 0.3 is 0 Å². The van der Waals surface area contributed by atoms with Crippen molar-refractivity contribution in [2.24, 2.45) is 0 Å². The van der Waals surface area contributed by atoms with E-state index in [0.29, 0.717) is 6.54 Å². The number of methoxy groups -OCH3 is 1. The summed E-state index contributed by atoms with van der Waals surface area (Å²) in [6.07, 6.45) is 0. The summed E-state index contributed by atoms with van der Waals surface area (Å²) in [6, 6.07) is 3.93. The van der Waals surface area contributed by atoms with Crippen molar-refractivity contribution in [1.82, 2.24) is 5.32 Å². The number of aryl methyl sites for hydroxylation is 2. The van der Waals surface area contributed by atoms with Gasteiger partial charge in [0.2, 0.25) is 5.91 Å². The van der Waals surface area contributed by atoms with Crippen LogP contribution >= 0.6 is 0 Å². The number of amides is 1. The summed E-state index contributed by atoms with van der Waals surface area (Å²) in [6.45, 7) is 4.36. The number of likely N-dealkylation sites (N-methyl/N-ethyl adjacent to an activating group) is 2. The molecular weight excluding hydrogens is 216 g/mol. The Kier molecular flexibility index (Phi) is 4.52. The van der Waals surface area contributed by atoms with Crippen molar-refractivity contribution in [3.8, 4) is 5.75 Å². The summed E-state index contributed by atoms with van der Waals surface area (Å²) < 4.78 is 5.32. The highest BCUT2D eigenvalue weighted by molar-refractivity contribution is 5.95. The lowest BCUT2D eigenvalue weighted by Gasteiger charge is -2.21. The molecule has 4 nitrogen and oxygen atoms in total. The first kappa shape index (κ1) is 13.5. The topological polar surface area (TPSA) is 41.6 Å². The van der Waals surface area contributed by atoms with Crippen molar-refractivity contribution in [1.29, 1.82) is 0 Å². The summed E-state index contributed by atoms with van der Waals surface area (Å²) in [5, 5.41) is 2.85. The Morgan fingerprint density at radius 3 is 2.47 bits per heavy atom. The van der Waals surface area contributed by atoms with Crippen molar-refractivity contribution in [3.63, 3.8) is 0 Å². The van der Waals surface area contributed by atoms with Gasteiger partial charge in [0.05, 0.1) is 19.3 Å². The van der Waals surface area contributed by atoms with Gasteiger partial charge in [-0.3, -0.25) is 4.79 Å². The number of nitrogens with zero attached hydrogens (tertiary/aromatic N) is 1. The van der Waals surface area contributed by atoms with Crippen molar-refractivity contribution < 1.29 is 9.53 Å². The molecule has 0 aliphatic heterocycles. The maximum Gasteiger partial charge on any atom is 0.240 e. The molecule has 4 heteroatoms. The summed E-state index contributed by atoms with van der Waals surface area (Å²) in [4.78, 5) is 13.4. The highest BCUT2D eigenvalue weighted by Crippen LogP contribution is 2.30. The Hall–Kier alpha value is -1.55. The summed E-state index contributed by atoms with van der Waals surface area (Å²) in [5.41, 5.74) is 3.10. The number of rotatable bonds is 4.